The Kier molecular flexibility index (Phi) is 6.36. The molecule has 0 aliphatic heterocycles. The van der Waals surface area contributed by atoms with Gasteiger partial charge in [-0.3, -0.25) is 4.79 Å². The van der Waals surface area contributed by atoms with E-state index >= 15 is 0 Å². The predicted molar refractivity (Wildman–Crippen MR) is 82.1 cm³/mol. The number of carbonyl (C=O) groups excluding carboxylic acids is 1. The van der Waals surface area contributed by atoms with Gasteiger partial charge in [0.05, 0.1) is 0 Å². The van der Waals surface area contributed by atoms with Gasteiger partial charge in [-0.15, -0.1) is 0 Å². The lowest BCUT2D eigenvalue weighted by Crippen LogP contribution is -2.32. The van der Waals surface area contributed by atoms with Crippen LogP contribution in [0.4, 0.5) is 0 Å². The molecule has 114 valence electrons. The largest absolute Gasteiger partial charge is 0.355 e. The lowest BCUT2D eigenvalue weighted by Gasteiger charge is -2.04. The molecule has 0 radical (unpaired) electrons. The second kappa shape index (κ2) is 8.53. The van der Waals surface area contributed by atoms with Gasteiger partial charge in [0.2, 0.25) is 17.6 Å². The Morgan fingerprint density at radius 2 is 2.29 bits per heavy atom. The Labute approximate surface area is 127 Å². The quantitative estimate of drug-likeness (QED) is 0.691. The summed E-state index contributed by atoms with van der Waals surface area (Å²) in [6.07, 6.45) is 1.92. The number of nitrogens with one attached hydrogen (secondary N) is 2. The average Bonchev–Trinajstić information content (AvgIpc) is 3.15. The molecule has 0 spiro atoms. The van der Waals surface area contributed by atoms with Gasteiger partial charge >= 0.3 is 0 Å². The fourth-order valence-electron chi connectivity index (χ4n) is 1.77. The van der Waals surface area contributed by atoms with Crippen molar-refractivity contribution in [2.75, 3.05) is 19.6 Å². The van der Waals surface area contributed by atoms with Gasteiger partial charge in [-0.05, 0) is 24.4 Å². The van der Waals surface area contributed by atoms with Gasteiger partial charge < -0.3 is 15.2 Å². The second-order valence-electron chi connectivity index (χ2n) is 4.62. The zero-order chi connectivity index (χ0) is 14.9. The van der Waals surface area contributed by atoms with Crippen molar-refractivity contribution in [3.05, 3.63) is 22.7 Å². The fraction of sp³-hybridized carbons (Fsp3) is 0.500. The van der Waals surface area contributed by atoms with Gasteiger partial charge in [0.25, 0.3) is 0 Å². The van der Waals surface area contributed by atoms with Crippen molar-refractivity contribution in [3.8, 4) is 11.4 Å². The molecule has 21 heavy (non-hydrogen) atoms. The number of rotatable bonds is 9. The number of thiophene rings is 1. The molecule has 0 saturated heterocycles. The molecular weight excluding hydrogens is 288 g/mol. The van der Waals surface area contributed by atoms with Crippen LogP contribution >= 0.6 is 11.3 Å². The van der Waals surface area contributed by atoms with Gasteiger partial charge in [0, 0.05) is 36.9 Å². The predicted octanol–water partition coefficient (Wildman–Crippen LogP) is 1.85. The molecule has 1 amide bonds. The standard InChI is InChI=1S/C14H20N4O2S/c1-2-6-15-7-8-16-12(19)3-4-13-17-14(18-20-13)11-5-9-21-10-11/h5,9-10,15H,2-4,6-8H2,1H3,(H,16,19). The van der Waals surface area contributed by atoms with Crippen molar-refractivity contribution in [1.82, 2.24) is 20.8 Å². The maximum atomic E-state index is 11.7. The molecule has 2 aromatic rings. The zero-order valence-corrected chi connectivity index (χ0v) is 12.9. The van der Waals surface area contributed by atoms with Gasteiger partial charge in [-0.25, -0.2) is 0 Å². The number of hydrogen-bond donors (Lipinski definition) is 2. The van der Waals surface area contributed by atoms with Crippen LogP contribution in [0.3, 0.4) is 0 Å². The highest BCUT2D eigenvalue weighted by Crippen LogP contribution is 2.18. The molecule has 0 aliphatic carbocycles. The third kappa shape index (κ3) is 5.28. The van der Waals surface area contributed by atoms with Crippen LogP contribution in [0.2, 0.25) is 0 Å². The molecule has 2 rings (SSSR count). The normalized spacial score (nSPS) is 10.7. The van der Waals surface area contributed by atoms with Crippen molar-refractivity contribution < 1.29 is 9.32 Å². The Bertz CT molecular complexity index is 539. The van der Waals surface area contributed by atoms with Gasteiger partial charge in [-0.1, -0.05) is 12.1 Å². The lowest BCUT2D eigenvalue weighted by atomic mass is 10.3. The third-order valence-corrected chi connectivity index (χ3v) is 3.55. The minimum atomic E-state index is 0.00332. The molecule has 0 fully saturated rings. The molecule has 6 nitrogen and oxygen atoms in total. The molecule has 7 heteroatoms. The van der Waals surface area contributed by atoms with Crippen LogP contribution < -0.4 is 10.6 Å². The summed E-state index contributed by atoms with van der Waals surface area (Å²) in [5.74, 6) is 1.08. The second-order valence-corrected chi connectivity index (χ2v) is 5.40. The zero-order valence-electron chi connectivity index (χ0n) is 12.1. The molecule has 0 atom stereocenters. The van der Waals surface area contributed by atoms with Gasteiger partial charge in [-0.2, -0.15) is 16.3 Å². The molecular formula is C14H20N4O2S. The molecule has 2 aromatic heterocycles. The summed E-state index contributed by atoms with van der Waals surface area (Å²) in [6, 6.07) is 1.94. The van der Waals surface area contributed by atoms with Crippen molar-refractivity contribution in [2.45, 2.75) is 26.2 Å². The number of carbonyl (C=O) groups is 1. The maximum absolute atomic E-state index is 11.7. The lowest BCUT2D eigenvalue weighted by molar-refractivity contribution is -0.121. The van der Waals surface area contributed by atoms with E-state index in [4.69, 9.17) is 4.52 Å². The van der Waals surface area contributed by atoms with Gasteiger partial charge in [0.1, 0.15) is 0 Å². The minimum absolute atomic E-state index is 0.00332. The molecule has 0 unspecified atom stereocenters. The summed E-state index contributed by atoms with van der Waals surface area (Å²) in [4.78, 5) is 15.9. The topological polar surface area (TPSA) is 80.0 Å². The van der Waals surface area contributed by atoms with E-state index in [2.05, 4.69) is 27.7 Å². The van der Waals surface area contributed by atoms with E-state index in [9.17, 15) is 4.79 Å². The Morgan fingerprint density at radius 1 is 1.38 bits per heavy atom. The van der Waals surface area contributed by atoms with E-state index in [1.807, 2.05) is 16.8 Å². The van der Waals surface area contributed by atoms with Crippen LogP contribution in [0, 0.1) is 0 Å². The number of nitrogens with zero attached hydrogens (tertiary/aromatic N) is 2. The molecule has 0 bridgehead atoms. The Hall–Kier alpha value is -1.73. The first-order valence-corrected chi connectivity index (χ1v) is 8.06. The first-order chi connectivity index (χ1) is 10.3. The highest BCUT2D eigenvalue weighted by molar-refractivity contribution is 7.08. The summed E-state index contributed by atoms with van der Waals surface area (Å²) in [5, 5.41) is 13.9. The first kappa shape index (κ1) is 15.7. The van der Waals surface area contributed by atoms with Crippen molar-refractivity contribution in [1.29, 1.82) is 0 Å². The minimum Gasteiger partial charge on any atom is -0.355 e. The molecule has 0 aromatic carbocycles. The van der Waals surface area contributed by atoms with E-state index in [1.165, 1.54) is 0 Å². The Balaban J connectivity index is 1.67. The third-order valence-electron chi connectivity index (χ3n) is 2.86. The molecule has 2 heterocycles. The number of aryl methyl sites for hydroxylation is 1. The van der Waals surface area contributed by atoms with Crippen LogP contribution in [0.1, 0.15) is 25.7 Å². The molecule has 2 N–H and O–H groups in total. The number of hydrogen-bond acceptors (Lipinski definition) is 6. The van der Waals surface area contributed by atoms with E-state index in [-0.39, 0.29) is 5.91 Å². The van der Waals surface area contributed by atoms with Crippen LogP contribution in [0.5, 0.6) is 0 Å². The number of amides is 1. The molecule has 0 aliphatic rings. The summed E-state index contributed by atoms with van der Waals surface area (Å²) >= 11 is 1.58. The highest BCUT2D eigenvalue weighted by atomic mass is 32.1. The van der Waals surface area contributed by atoms with E-state index in [1.54, 1.807) is 11.3 Å². The monoisotopic (exact) mass is 308 g/mol. The van der Waals surface area contributed by atoms with Crippen LogP contribution in [0.25, 0.3) is 11.4 Å². The first-order valence-electron chi connectivity index (χ1n) is 7.12. The van der Waals surface area contributed by atoms with E-state index in [0.29, 0.717) is 31.1 Å². The summed E-state index contributed by atoms with van der Waals surface area (Å²) in [7, 11) is 0. The molecule has 0 saturated carbocycles. The van der Waals surface area contributed by atoms with Crippen LogP contribution in [-0.4, -0.2) is 35.7 Å². The van der Waals surface area contributed by atoms with Crippen LogP contribution in [-0.2, 0) is 11.2 Å². The summed E-state index contributed by atoms with van der Waals surface area (Å²) in [6.45, 7) is 4.52. The van der Waals surface area contributed by atoms with E-state index < -0.39 is 0 Å². The highest BCUT2D eigenvalue weighted by Gasteiger charge is 2.10. The van der Waals surface area contributed by atoms with E-state index in [0.717, 1.165) is 25.1 Å². The smallest absolute Gasteiger partial charge is 0.227 e. The van der Waals surface area contributed by atoms with Crippen molar-refractivity contribution in [2.24, 2.45) is 0 Å². The summed E-state index contributed by atoms with van der Waals surface area (Å²) in [5.41, 5.74) is 0.946. The van der Waals surface area contributed by atoms with Crippen molar-refractivity contribution in [3.63, 3.8) is 0 Å². The van der Waals surface area contributed by atoms with Gasteiger partial charge in [0.15, 0.2) is 0 Å². The fourth-order valence-corrected chi connectivity index (χ4v) is 2.40. The summed E-state index contributed by atoms with van der Waals surface area (Å²) < 4.78 is 5.15. The van der Waals surface area contributed by atoms with Crippen molar-refractivity contribution >= 4 is 17.2 Å². The average molecular weight is 308 g/mol. The van der Waals surface area contributed by atoms with Crippen LogP contribution in [0.15, 0.2) is 21.3 Å². The Morgan fingerprint density at radius 3 is 3.05 bits per heavy atom. The number of aromatic nitrogens is 2. The SMILES string of the molecule is CCCNCCNC(=O)CCc1nc(-c2ccsc2)no1. The maximum Gasteiger partial charge on any atom is 0.227 e.